The minimum Gasteiger partial charge on any atom is -0.497 e. The Balaban J connectivity index is 2.10. The van der Waals surface area contributed by atoms with Gasteiger partial charge >= 0.3 is 5.97 Å². The van der Waals surface area contributed by atoms with Crippen LogP contribution in [0.15, 0.2) is 64.5 Å². The molecule has 0 radical (unpaired) electrons. The van der Waals surface area contributed by atoms with E-state index in [4.69, 9.17) is 9.47 Å². The standard InChI is InChI=1S/C23H24N2O8S/c1-15-5-10-19(25(28)29)16(13-15)14-23(11-4-12-24-23)21(26)20(22(27)33-3)34(30,31)18-8-6-17(32-2)7-9-18/h4-13,20-21,26H,14H2,1-3H3. The Morgan fingerprint density at radius 2 is 1.88 bits per heavy atom. The van der Waals surface area contributed by atoms with Crippen molar-refractivity contribution in [2.24, 2.45) is 4.99 Å². The number of nitro benzene ring substituents is 1. The molecular formula is C23H24N2O8S. The number of allylic oxidation sites excluding steroid dienone is 1. The number of nitro groups is 1. The van der Waals surface area contributed by atoms with E-state index in [-0.39, 0.29) is 22.6 Å². The number of aliphatic hydroxyl groups is 1. The number of hydrogen-bond donors (Lipinski definition) is 1. The molecule has 0 saturated carbocycles. The monoisotopic (exact) mass is 488 g/mol. The number of benzene rings is 2. The van der Waals surface area contributed by atoms with Crippen LogP contribution in [0.5, 0.6) is 5.75 Å². The van der Waals surface area contributed by atoms with Crippen LogP contribution in [0, 0.1) is 17.0 Å². The minimum absolute atomic E-state index is 0.208. The lowest BCUT2D eigenvalue weighted by Gasteiger charge is -2.34. The second kappa shape index (κ2) is 9.74. The van der Waals surface area contributed by atoms with E-state index in [9.17, 15) is 28.4 Å². The van der Waals surface area contributed by atoms with Gasteiger partial charge in [0.15, 0.2) is 15.1 Å². The van der Waals surface area contributed by atoms with Crippen molar-refractivity contribution in [3.63, 3.8) is 0 Å². The summed E-state index contributed by atoms with van der Waals surface area (Å²) in [6.45, 7) is 1.75. The Bertz CT molecular complexity index is 1240. The summed E-state index contributed by atoms with van der Waals surface area (Å²) in [5, 5.41) is 20.9. The molecule has 3 atom stereocenters. The number of carbonyl (C=O) groups is 1. The lowest BCUT2D eigenvalue weighted by atomic mass is 9.83. The van der Waals surface area contributed by atoms with Crippen molar-refractivity contribution in [1.82, 2.24) is 0 Å². The summed E-state index contributed by atoms with van der Waals surface area (Å²) in [7, 11) is -2.03. The van der Waals surface area contributed by atoms with Gasteiger partial charge in [-0.15, -0.1) is 0 Å². The van der Waals surface area contributed by atoms with Gasteiger partial charge in [-0.3, -0.25) is 19.9 Å². The first-order valence-electron chi connectivity index (χ1n) is 10.2. The Morgan fingerprint density at radius 1 is 1.21 bits per heavy atom. The van der Waals surface area contributed by atoms with Crippen molar-refractivity contribution in [3.8, 4) is 5.75 Å². The van der Waals surface area contributed by atoms with E-state index in [1.54, 1.807) is 19.1 Å². The Hall–Kier alpha value is -3.57. The molecule has 0 fully saturated rings. The van der Waals surface area contributed by atoms with Crippen molar-refractivity contribution in [1.29, 1.82) is 0 Å². The highest BCUT2D eigenvalue weighted by molar-refractivity contribution is 7.92. The quantitative estimate of drug-likeness (QED) is 0.321. The fourth-order valence-electron chi connectivity index (χ4n) is 3.87. The van der Waals surface area contributed by atoms with Gasteiger partial charge in [0.05, 0.1) is 24.0 Å². The average molecular weight is 489 g/mol. The van der Waals surface area contributed by atoms with E-state index in [1.165, 1.54) is 55.8 Å². The van der Waals surface area contributed by atoms with Crippen molar-refractivity contribution in [2.75, 3.05) is 14.2 Å². The minimum atomic E-state index is -4.46. The second-order valence-electron chi connectivity index (χ2n) is 7.80. The first kappa shape index (κ1) is 25.1. The third kappa shape index (κ3) is 4.70. The molecule has 0 spiro atoms. The first-order valence-corrected chi connectivity index (χ1v) is 11.7. The third-order valence-electron chi connectivity index (χ3n) is 5.65. The lowest BCUT2D eigenvalue weighted by molar-refractivity contribution is -0.385. The highest BCUT2D eigenvalue weighted by Crippen LogP contribution is 2.36. The number of esters is 1. The van der Waals surface area contributed by atoms with Crippen molar-refractivity contribution in [2.45, 2.75) is 35.1 Å². The Labute approximate surface area is 196 Å². The molecule has 3 unspecified atom stereocenters. The molecule has 10 nitrogen and oxygen atoms in total. The van der Waals surface area contributed by atoms with Crippen LogP contribution in [-0.4, -0.2) is 61.7 Å². The summed E-state index contributed by atoms with van der Waals surface area (Å²) >= 11 is 0. The lowest BCUT2D eigenvalue weighted by Crippen LogP contribution is -2.53. The molecule has 0 bridgehead atoms. The Morgan fingerprint density at radius 3 is 2.41 bits per heavy atom. The molecule has 11 heteroatoms. The molecule has 0 aliphatic carbocycles. The van der Waals surface area contributed by atoms with Gasteiger partial charge in [0, 0.05) is 24.3 Å². The number of rotatable bonds is 9. The zero-order valence-electron chi connectivity index (χ0n) is 18.7. The maximum atomic E-state index is 13.5. The van der Waals surface area contributed by atoms with Gasteiger partial charge in [0.1, 0.15) is 17.4 Å². The van der Waals surface area contributed by atoms with Crippen LogP contribution in [0.4, 0.5) is 5.69 Å². The van der Waals surface area contributed by atoms with Crippen molar-refractivity contribution in [3.05, 3.63) is 75.9 Å². The van der Waals surface area contributed by atoms with Crippen LogP contribution in [0.3, 0.4) is 0 Å². The van der Waals surface area contributed by atoms with E-state index in [2.05, 4.69) is 4.99 Å². The summed E-state index contributed by atoms with van der Waals surface area (Å²) in [5.41, 5.74) is -0.901. The van der Waals surface area contributed by atoms with Gasteiger partial charge in [-0.1, -0.05) is 17.7 Å². The number of hydrogen-bond acceptors (Lipinski definition) is 9. The average Bonchev–Trinajstić information content (AvgIpc) is 3.28. The maximum absolute atomic E-state index is 13.5. The molecule has 180 valence electrons. The summed E-state index contributed by atoms with van der Waals surface area (Å²) in [6, 6.07) is 9.80. The number of sulfone groups is 1. The first-order chi connectivity index (χ1) is 16.1. The van der Waals surface area contributed by atoms with Crippen LogP contribution in [0.2, 0.25) is 0 Å². The highest BCUT2D eigenvalue weighted by atomic mass is 32.2. The highest BCUT2D eigenvalue weighted by Gasteiger charge is 2.51. The van der Waals surface area contributed by atoms with Gasteiger partial charge in [0.25, 0.3) is 5.69 Å². The summed E-state index contributed by atoms with van der Waals surface area (Å²) in [4.78, 5) is 27.7. The Kier molecular flexibility index (Phi) is 7.18. The molecular weight excluding hydrogens is 464 g/mol. The molecule has 1 heterocycles. The molecule has 34 heavy (non-hydrogen) atoms. The SMILES string of the molecule is COC(=O)C(C(O)C1(Cc2cc(C)ccc2[N+](=O)[O-])C=CC=N1)S(=O)(=O)c1ccc(OC)cc1. The van der Waals surface area contributed by atoms with E-state index >= 15 is 0 Å². The number of ether oxygens (including phenoxy) is 2. The van der Waals surface area contributed by atoms with Crippen LogP contribution < -0.4 is 4.74 Å². The fraction of sp³-hybridized carbons (Fsp3) is 0.304. The topological polar surface area (TPSA) is 145 Å². The third-order valence-corrected chi connectivity index (χ3v) is 7.69. The van der Waals surface area contributed by atoms with Crippen molar-refractivity contribution < 1.29 is 32.7 Å². The zero-order chi connectivity index (χ0) is 25.1. The molecule has 2 aromatic carbocycles. The summed E-state index contributed by atoms with van der Waals surface area (Å²) in [5.74, 6) is -0.780. The number of aliphatic hydroxyl groups excluding tert-OH is 1. The predicted molar refractivity (Wildman–Crippen MR) is 124 cm³/mol. The summed E-state index contributed by atoms with van der Waals surface area (Å²) < 4.78 is 36.7. The number of aryl methyl sites for hydroxylation is 1. The fourth-order valence-corrected chi connectivity index (χ4v) is 5.61. The number of aliphatic imine (C=N–C) groups is 1. The number of methoxy groups -OCH3 is 2. The summed E-state index contributed by atoms with van der Waals surface area (Å²) in [6.07, 6.45) is 2.13. The van der Waals surface area contributed by atoms with E-state index in [0.29, 0.717) is 5.75 Å². The largest absolute Gasteiger partial charge is 0.497 e. The van der Waals surface area contributed by atoms with Crippen molar-refractivity contribution >= 4 is 27.7 Å². The van der Waals surface area contributed by atoms with Gasteiger partial charge in [-0.2, -0.15) is 0 Å². The predicted octanol–water partition coefficient (Wildman–Crippen LogP) is 2.21. The normalized spacial score (nSPS) is 18.9. The molecule has 2 aromatic rings. The van der Waals surface area contributed by atoms with E-state index in [0.717, 1.165) is 12.7 Å². The van der Waals surface area contributed by atoms with Crippen LogP contribution in [0.25, 0.3) is 0 Å². The van der Waals surface area contributed by atoms with Gasteiger partial charge in [-0.25, -0.2) is 8.42 Å². The van der Waals surface area contributed by atoms with E-state index in [1.807, 2.05) is 0 Å². The number of nitrogens with zero attached hydrogens (tertiary/aromatic N) is 2. The maximum Gasteiger partial charge on any atom is 0.327 e. The molecule has 1 aliphatic rings. The van der Waals surface area contributed by atoms with Crippen LogP contribution >= 0.6 is 0 Å². The smallest absolute Gasteiger partial charge is 0.327 e. The zero-order valence-corrected chi connectivity index (χ0v) is 19.6. The molecule has 0 amide bonds. The molecule has 1 N–H and O–H groups in total. The van der Waals surface area contributed by atoms with E-state index < -0.39 is 37.6 Å². The second-order valence-corrected chi connectivity index (χ2v) is 9.87. The number of carbonyl (C=O) groups excluding carboxylic acids is 1. The van der Waals surface area contributed by atoms with Crippen LogP contribution in [0.1, 0.15) is 11.1 Å². The van der Waals surface area contributed by atoms with Gasteiger partial charge in [-0.05, 0) is 43.3 Å². The van der Waals surface area contributed by atoms with Crippen LogP contribution in [-0.2, 0) is 25.8 Å². The van der Waals surface area contributed by atoms with Gasteiger partial charge < -0.3 is 14.6 Å². The molecule has 0 saturated heterocycles. The molecule has 0 aromatic heterocycles. The molecule has 3 rings (SSSR count). The van der Waals surface area contributed by atoms with Gasteiger partial charge in [0.2, 0.25) is 0 Å². The molecule has 1 aliphatic heterocycles.